The second-order valence-electron chi connectivity index (χ2n) is 13.4. The Balaban J connectivity index is 1.58. The molecule has 4 rings (SSSR count). The number of nitrogens with two attached hydrogens (primary N) is 3. The highest BCUT2D eigenvalue weighted by Crippen LogP contribution is 2.38. The van der Waals surface area contributed by atoms with Crippen molar-refractivity contribution in [2.45, 2.75) is 123 Å². The first-order chi connectivity index (χ1) is 21.0. The summed E-state index contributed by atoms with van der Waals surface area (Å²) in [4.78, 5) is 13.1. The van der Waals surface area contributed by atoms with E-state index in [0.717, 1.165) is 0 Å². The van der Waals surface area contributed by atoms with Crippen LogP contribution in [0.15, 0.2) is 0 Å². The van der Waals surface area contributed by atoms with Gasteiger partial charge in [0.2, 0.25) is 0 Å². The molecule has 0 aromatic heterocycles. The molecule has 2 unspecified atom stereocenters. The zero-order valence-corrected chi connectivity index (χ0v) is 25.6. The molecule has 2 saturated carbocycles. The van der Waals surface area contributed by atoms with E-state index in [4.69, 9.17) is 31.4 Å². The molecule has 2 heterocycles. The molecular weight excluding hydrogens is 600 g/mol. The fraction of sp³-hybridized carbons (Fsp3) is 0.963. The molecule has 45 heavy (non-hydrogen) atoms. The van der Waals surface area contributed by atoms with Gasteiger partial charge in [-0.1, -0.05) is 0 Å². The van der Waals surface area contributed by atoms with Gasteiger partial charge in [0.25, 0.3) is 5.91 Å². The van der Waals surface area contributed by atoms with Crippen LogP contribution in [0.5, 0.6) is 0 Å². The Bertz CT molecular complexity index is 994. The quantitative estimate of drug-likeness (QED) is 0.0985. The van der Waals surface area contributed by atoms with Crippen molar-refractivity contribution in [3.63, 3.8) is 0 Å². The molecule has 4 aliphatic rings. The minimum atomic E-state index is -1.73. The van der Waals surface area contributed by atoms with Crippen LogP contribution >= 0.6 is 0 Å². The Hall–Kier alpha value is -1.17. The predicted molar refractivity (Wildman–Crippen MR) is 155 cm³/mol. The van der Waals surface area contributed by atoms with Crippen molar-refractivity contribution < 1.29 is 59.9 Å². The van der Waals surface area contributed by atoms with Crippen molar-refractivity contribution in [3.05, 3.63) is 0 Å². The molecule has 2 aliphatic heterocycles. The first-order valence-electron chi connectivity index (χ1n) is 15.4. The van der Waals surface area contributed by atoms with Crippen molar-refractivity contribution in [3.8, 4) is 0 Å². The molecule has 2 saturated heterocycles. The highest BCUT2D eigenvalue weighted by atomic mass is 16.7. The average molecular weight is 653 g/mol. The summed E-state index contributed by atoms with van der Waals surface area (Å²) < 4.78 is 17.8. The molecule has 0 aromatic rings. The van der Waals surface area contributed by atoms with Gasteiger partial charge in [0.15, 0.2) is 6.29 Å². The molecule has 0 radical (unpaired) electrons. The molecule has 2 aliphatic carbocycles. The second kappa shape index (κ2) is 14.5. The molecule has 17 N–H and O–H groups in total. The highest BCUT2D eigenvalue weighted by molar-refractivity contribution is 5.86. The van der Waals surface area contributed by atoms with Crippen LogP contribution in [-0.4, -0.2) is 177 Å². The lowest BCUT2D eigenvalue weighted by atomic mass is 9.71. The maximum atomic E-state index is 13.1. The van der Waals surface area contributed by atoms with E-state index in [1.807, 2.05) is 0 Å². The monoisotopic (exact) mass is 652 g/mol. The van der Waals surface area contributed by atoms with Crippen molar-refractivity contribution in [1.29, 1.82) is 0 Å². The summed E-state index contributed by atoms with van der Waals surface area (Å²) in [5.41, 5.74) is 14.8. The summed E-state index contributed by atoms with van der Waals surface area (Å²) in [5, 5.41) is 94.2. The summed E-state index contributed by atoms with van der Waals surface area (Å²) in [6.45, 7) is 1.07. The van der Waals surface area contributed by atoms with Gasteiger partial charge in [-0.05, 0) is 20.4 Å². The third-order valence-corrected chi connectivity index (χ3v) is 9.63. The van der Waals surface area contributed by atoms with Crippen molar-refractivity contribution in [2.24, 2.45) is 23.1 Å². The van der Waals surface area contributed by atoms with Gasteiger partial charge in [-0.3, -0.25) is 4.79 Å². The van der Waals surface area contributed by atoms with Gasteiger partial charge in [0.1, 0.15) is 41.7 Å². The van der Waals surface area contributed by atoms with E-state index in [2.05, 4.69) is 16.0 Å². The van der Waals surface area contributed by atoms with E-state index in [1.165, 1.54) is 14.0 Å². The number of hydrogen-bond acceptors (Lipinski definition) is 17. The molecule has 18 heteroatoms. The molecule has 4 fully saturated rings. The summed E-state index contributed by atoms with van der Waals surface area (Å²) in [6.07, 6.45) is -13.1. The Labute approximate surface area is 261 Å². The number of amides is 1. The van der Waals surface area contributed by atoms with Crippen molar-refractivity contribution >= 4 is 5.91 Å². The molecule has 18 nitrogen and oxygen atoms in total. The summed E-state index contributed by atoms with van der Waals surface area (Å²) in [7, 11) is 1.53. The Morgan fingerprint density at radius 3 is 2.31 bits per heavy atom. The third kappa shape index (κ3) is 7.62. The Morgan fingerprint density at radius 2 is 1.71 bits per heavy atom. The van der Waals surface area contributed by atoms with Crippen molar-refractivity contribution in [1.82, 2.24) is 16.0 Å². The summed E-state index contributed by atoms with van der Waals surface area (Å²) >= 11 is 0. The predicted octanol–water partition coefficient (Wildman–Crippen LogP) is -7.77. The van der Waals surface area contributed by atoms with Crippen LogP contribution in [0.4, 0.5) is 0 Å². The summed E-state index contributed by atoms with van der Waals surface area (Å²) in [6, 6.07) is -3.84. The summed E-state index contributed by atoms with van der Waals surface area (Å²) in [5.74, 6) is -1.88. The van der Waals surface area contributed by atoms with Crippen LogP contribution < -0.4 is 33.2 Å². The van der Waals surface area contributed by atoms with E-state index in [1.54, 1.807) is 0 Å². The second-order valence-corrected chi connectivity index (χ2v) is 13.4. The number of likely N-dealkylation sites (N-methyl/N-ethyl adjacent to an activating group) is 1. The molecule has 0 spiro atoms. The van der Waals surface area contributed by atoms with E-state index < -0.39 is 102 Å². The van der Waals surface area contributed by atoms with Gasteiger partial charge in [0, 0.05) is 50.0 Å². The van der Waals surface area contributed by atoms with Crippen LogP contribution in [0.3, 0.4) is 0 Å². The zero-order valence-electron chi connectivity index (χ0n) is 25.6. The lowest BCUT2D eigenvalue weighted by Gasteiger charge is -2.52. The number of carbonyl (C=O) groups excluding carboxylic acids is 1. The normalized spacial score (nSPS) is 49.6. The standard InChI is InChI=1S/C27H52N6O12/c1-26(41)9-43-24(20(39)23(26)31-2)45-21-13(33-25(40)27(42)4-10(28)5-27)3-12(30)15(17(21)36)22-19(38)18(37)16(35)14(44-22)7-32-6-11(29)8-34/h10-24,31-32,34-39,41-42H,3-9,28-30H2,1-2H3,(H,33,40)/t10?,11?,12-,13+,14+,15?,16+,17-,18-,19+,20+,21-,22+,23+,24+,26-,27?/m0/s1. The zero-order chi connectivity index (χ0) is 33.4. The van der Waals surface area contributed by atoms with Gasteiger partial charge in [-0.25, -0.2) is 0 Å². The maximum absolute atomic E-state index is 13.1. The first kappa shape index (κ1) is 36.7. The maximum Gasteiger partial charge on any atom is 0.252 e. The topological polar surface area (TPSA) is 321 Å². The van der Waals surface area contributed by atoms with Gasteiger partial charge < -0.3 is 88.2 Å². The molecule has 1 amide bonds. The van der Waals surface area contributed by atoms with Gasteiger partial charge >= 0.3 is 0 Å². The van der Waals surface area contributed by atoms with Crippen LogP contribution in [0.1, 0.15) is 26.2 Å². The molecule has 262 valence electrons. The van der Waals surface area contributed by atoms with E-state index in [0.29, 0.717) is 0 Å². The third-order valence-electron chi connectivity index (χ3n) is 9.63. The number of aliphatic hydroxyl groups excluding tert-OH is 6. The minimum Gasteiger partial charge on any atom is -0.395 e. The molecular formula is C27H52N6O12. The number of carbonyl (C=O) groups is 1. The molecule has 15 atom stereocenters. The van der Waals surface area contributed by atoms with E-state index in [9.17, 15) is 45.6 Å². The Kier molecular flexibility index (Phi) is 11.8. The van der Waals surface area contributed by atoms with E-state index in [-0.39, 0.29) is 51.6 Å². The highest BCUT2D eigenvalue weighted by Gasteiger charge is 2.57. The minimum absolute atomic E-state index is 0.0264. The van der Waals surface area contributed by atoms with Crippen LogP contribution in [0, 0.1) is 5.92 Å². The van der Waals surface area contributed by atoms with Gasteiger partial charge in [-0.2, -0.15) is 0 Å². The van der Waals surface area contributed by atoms with Crippen LogP contribution in [0.2, 0.25) is 0 Å². The van der Waals surface area contributed by atoms with Crippen LogP contribution in [-0.2, 0) is 19.0 Å². The largest absolute Gasteiger partial charge is 0.395 e. The molecule has 0 aromatic carbocycles. The number of rotatable bonds is 11. The molecule has 0 bridgehead atoms. The number of ether oxygens (including phenoxy) is 3. The average Bonchev–Trinajstić information content (AvgIpc) is 2.95. The first-order valence-corrected chi connectivity index (χ1v) is 15.4. The lowest BCUT2D eigenvalue weighted by molar-refractivity contribution is -0.303. The lowest BCUT2D eigenvalue weighted by Crippen LogP contribution is -2.72. The SMILES string of the molecule is CN[C@@H]1[C@@H](O)[C@@H](O[C@H]2[C@H](NC(=O)C3(O)CC(N)C3)C[C@H](N)C([C@H]3O[C@H](CNCC(N)CO)[C@@H](O)[C@H](O)[C@H]3O)[C@@H]2O)OC[C@]1(C)O. The fourth-order valence-electron chi connectivity index (χ4n) is 7.01. The van der Waals surface area contributed by atoms with E-state index >= 15 is 0 Å². The van der Waals surface area contributed by atoms with Gasteiger partial charge in [0.05, 0.1) is 43.6 Å². The number of hydrogen-bond donors (Lipinski definition) is 14. The van der Waals surface area contributed by atoms with Crippen molar-refractivity contribution in [2.75, 3.05) is 33.4 Å². The number of aliphatic hydroxyl groups is 8. The Morgan fingerprint density at radius 1 is 1.04 bits per heavy atom. The van der Waals surface area contributed by atoms with Gasteiger partial charge in [-0.15, -0.1) is 0 Å². The number of nitrogens with one attached hydrogen (secondary N) is 3. The fourth-order valence-corrected chi connectivity index (χ4v) is 7.01. The smallest absolute Gasteiger partial charge is 0.252 e. The van der Waals surface area contributed by atoms with Crippen LogP contribution in [0.25, 0.3) is 0 Å².